The lowest BCUT2D eigenvalue weighted by Gasteiger charge is -2.37. The van der Waals surface area contributed by atoms with Crippen LogP contribution in [0.1, 0.15) is 34.8 Å². The molecule has 4 aromatic rings. The molecule has 2 heterocycles. The summed E-state index contributed by atoms with van der Waals surface area (Å²) in [5.74, 6) is 1.46. The monoisotopic (exact) mass is 513 g/mol. The van der Waals surface area contributed by atoms with E-state index in [1.165, 1.54) is 0 Å². The standard InChI is InChI=1S/C31H31NO6/c1-35-24-14-10-22(11-15-24)31(21-7-4-3-5-8-21,23-12-16-25(36-2)17-13-23)37-20-29-27(33)19-28(38-29)26-9-6-18-32-30(26)34/h3-18,27-29,33H,19-20H2,1-2H3,(H,32,34)/t27-,28+,29+/m0/s1. The molecule has 0 spiro atoms. The molecule has 0 aliphatic carbocycles. The fourth-order valence-corrected chi connectivity index (χ4v) is 5.05. The Balaban J connectivity index is 1.54. The van der Waals surface area contributed by atoms with Gasteiger partial charge in [-0.1, -0.05) is 54.6 Å². The number of nitrogens with one attached hydrogen (secondary N) is 1. The van der Waals surface area contributed by atoms with E-state index in [-0.39, 0.29) is 12.2 Å². The van der Waals surface area contributed by atoms with Crippen LogP contribution in [0.4, 0.5) is 0 Å². The van der Waals surface area contributed by atoms with Crippen molar-refractivity contribution >= 4 is 0 Å². The summed E-state index contributed by atoms with van der Waals surface area (Å²) < 4.78 is 23.8. The van der Waals surface area contributed by atoms with Crippen LogP contribution in [0.2, 0.25) is 0 Å². The number of aromatic amines is 1. The Morgan fingerprint density at radius 3 is 1.97 bits per heavy atom. The molecular formula is C31H31NO6. The molecule has 3 atom stereocenters. The van der Waals surface area contributed by atoms with Gasteiger partial charge >= 0.3 is 0 Å². The summed E-state index contributed by atoms with van der Waals surface area (Å²) in [5, 5.41) is 10.9. The first-order valence-electron chi connectivity index (χ1n) is 12.5. The summed E-state index contributed by atoms with van der Waals surface area (Å²) in [6.07, 6.45) is -0.0454. The zero-order valence-electron chi connectivity index (χ0n) is 21.4. The molecule has 0 amide bonds. The van der Waals surface area contributed by atoms with Gasteiger partial charge in [0.2, 0.25) is 0 Å². The lowest BCUT2D eigenvalue weighted by atomic mass is 9.80. The molecule has 1 aliphatic rings. The molecule has 196 valence electrons. The van der Waals surface area contributed by atoms with E-state index in [9.17, 15) is 9.90 Å². The Hall–Kier alpha value is -3.91. The number of hydrogen-bond donors (Lipinski definition) is 2. The normalized spacial score (nSPS) is 19.3. The average molecular weight is 514 g/mol. The lowest BCUT2D eigenvalue weighted by Crippen LogP contribution is -2.38. The molecular weight excluding hydrogens is 482 g/mol. The third kappa shape index (κ3) is 4.96. The lowest BCUT2D eigenvalue weighted by molar-refractivity contribution is -0.0829. The van der Waals surface area contributed by atoms with Crippen molar-refractivity contribution in [2.24, 2.45) is 0 Å². The molecule has 5 rings (SSSR count). The van der Waals surface area contributed by atoms with Crippen LogP contribution in [0, 0.1) is 0 Å². The number of rotatable bonds is 9. The summed E-state index contributed by atoms with van der Waals surface area (Å²) >= 11 is 0. The third-order valence-corrected chi connectivity index (χ3v) is 7.06. The van der Waals surface area contributed by atoms with E-state index in [0.29, 0.717) is 12.0 Å². The van der Waals surface area contributed by atoms with Crippen LogP contribution in [0.25, 0.3) is 0 Å². The fraction of sp³-hybridized carbons (Fsp3) is 0.258. The molecule has 0 saturated carbocycles. The molecule has 1 aliphatic heterocycles. The molecule has 0 radical (unpaired) electrons. The number of methoxy groups -OCH3 is 2. The van der Waals surface area contributed by atoms with Crippen LogP contribution in [-0.2, 0) is 15.1 Å². The van der Waals surface area contributed by atoms with Crippen LogP contribution in [-0.4, -0.2) is 43.1 Å². The molecule has 7 nitrogen and oxygen atoms in total. The minimum Gasteiger partial charge on any atom is -0.497 e. The predicted molar refractivity (Wildman–Crippen MR) is 144 cm³/mol. The minimum atomic E-state index is -1.02. The fourth-order valence-electron chi connectivity index (χ4n) is 5.05. The van der Waals surface area contributed by atoms with E-state index in [1.807, 2.05) is 78.9 Å². The van der Waals surface area contributed by atoms with Gasteiger partial charge in [-0.15, -0.1) is 0 Å². The summed E-state index contributed by atoms with van der Waals surface area (Å²) in [5.41, 5.74) is 1.94. The highest BCUT2D eigenvalue weighted by Crippen LogP contribution is 2.43. The first-order chi connectivity index (χ1) is 18.5. The summed E-state index contributed by atoms with van der Waals surface area (Å²) in [4.78, 5) is 15.0. The van der Waals surface area contributed by atoms with Gasteiger partial charge < -0.3 is 29.0 Å². The smallest absolute Gasteiger partial charge is 0.253 e. The Labute approximate surface area is 221 Å². The van der Waals surface area contributed by atoms with E-state index in [0.717, 1.165) is 28.2 Å². The molecule has 0 bridgehead atoms. The highest BCUT2D eigenvalue weighted by Gasteiger charge is 2.42. The van der Waals surface area contributed by atoms with E-state index < -0.39 is 23.9 Å². The van der Waals surface area contributed by atoms with E-state index >= 15 is 0 Å². The second-order valence-electron chi connectivity index (χ2n) is 9.24. The Bertz CT molecular complexity index is 1340. The molecule has 1 fully saturated rings. The Morgan fingerprint density at radius 1 is 0.842 bits per heavy atom. The average Bonchev–Trinajstić information content (AvgIpc) is 3.34. The van der Waals surface area contributed by atoms with Gasteiger partial charge in [0.25, 0.3) is 5.56 Å². The number of aromatic nitrogens is 1. The van der Waals surface area contributed by atoms with Gasteiger partial charge in [0.15, 0.2) is 0 Å². The second kappa shape index (κ2) is 11.2. The van der Waals surface area contributed by atoms with E-state index in [2.05, 4.69) is 4.98 Å². The van der Waals surface area contributed by atoms with Crippen LogP contribution in [0.15, 0.2) is 102 Å². The number of ether oxygens (including phenoxy) is 4. The summed E-state index contributed by atoms with van der Waals surface area (Å²) in [7, 11) is 3.26. The molecule has 1 saturated heterocycles. The maximum absolute atomic E-state index is 12.3. The molecule has 7 heteroatoms. The predicted octanol–water partition coefficient (Wildman–Crippen LogP) is 4.59. The van der Waals surface area contributed by atoms with Gasteiger partial charge in [-0.05, 0) is 53.1 Å². The number of hydrogen-bond acceptors (Lipinski definition) is 6. The van der Waals surface area contributed by atoms with Crippen molar-refractivity contribution in [1.29, 1.82) is 0 Å². The van der Waals surface area contributed by atoms with Crippen LogP contribution in [0.5, 0.6) is 11.5 Å². The largest absolute Gasteiger partial charge is 0.497 e. The summed E-state index contributed by atoms with van der Waals surface area (Å²) in [6, 6.07) is 29.0. The third-order valence-electron chi connectivity index (χ3n) is 7.06. The minimum absolute atomic E-state index is 0.0926. The molecule has 38 heavy (non-hydrogen) atoms. The SMILES string of the molecule is COc1ccc(C(OC[C@H]2O[C@@H](c3ccc[nH]c3=O)C[C@@H]2O)(c2ccccc2)c2ccc(OC)cc2)cc1. The number of benzene rings is 3. The van der Waals surface area contributed by atoms with Crippen molar-refractivity contribution in [3.05, 3.63) is 130 Å². The zero-order valence-corrected chi connectivity index (χ0v) is 21.4. The quantitative estimate of drug-likeness (QED) is 0.318. The first kappa shape index (κ1) is 25.7. The number of aliphatic hydroxyl groups is 1. The van der Waals surface area contributed by atoms with Gasteiger partial charge in [0.05, 0.1) is 33.0 Å². The van der Waals surface area contributed by atoms with Crippen molar-refractivity contribution in [3.63, 3.8) is 0 Å². The topological polar surface area (TPSA) is 90.0 Å². The van der Waals surface area contributed by atoms with Crippen LogP contribution in [0.3, 0.4) is 0 Å². The van der Waals surface area contributed by atoms with Crippen molar-refractivity contribution in [3.8, 4) is 11.5 Å². The number of H-pyrrole nitrogens is 1. The van der Waals surface area contributed by atoms with E-state index in [1.54, 1.807) is 32.5 Å². The molecule has 2 N–H and O–H groups in total. The van der Waals surface area contributed by atoms with Gasteiger partial charge in [0, 0.05) is 18.2 Å². The van der Waals surface area contributed by atoms with Crippen molar-refractivity contribution in [2.75, 3.05) is 20.8 Å². The van der Waals surface area contributed by atoms with E-state index in [4.69, 9.17) is 18.9 Å². The highest BCUT2D eigenvalue weighted by molar-refractivity contribution is 5.49. The zero-order chi connectivity index (χ0) is 26.5. The number of pyridine rings is 1. The van der Waals surface area contributed by atoms with Gasteiger partial charge in [0.1, 0.15) is 23.2 Å². The highest BCUT2D eigenvalue weighted by atomic mass is 16.6. The molecule has 3 aromatic carbocycles. The first-order valence-corrected chi connectivity index (χ1v) is 12.5. The van der Waals surface area contributed by atoms with Crippen molar-refractivity contribution < 1.29 is 24.1 Å². The summed E-state index contributed by atoms with van der Waals surface area (Å²) in [6.45, 7) is 0.0926. The van der Waals surface area contributed by atoms with Gasteiger partial charge in [-0.25, -0.2) is 0 Å². The van der Waals surface area contributed by atoms with Crippen molar-refractivity contribution in [2.45, 2.75) is 30.3 Å². The Kier molecular flexibility index (Phi) is 7.60. The van der Waals surface area contributed by atoms with Gasteiger partial charge in [-0.2, -0.15) is 0 Å². The molecule has 0 unspecified atom stereocenters. The maximum Gasteiger partial charge on any atom is 0.253 e. The van der Waals surface area contributed by atoms with Crippen LogP contribution < -0.4 is 15.0 Å². The number of aliphatic hydroxyl groups excluding tert-OH is 1. The second-order valence-corrected chi connectivity index (χ2v) is 9.24. The van der Waals surface area contributed by atoms with Gasteiger partial charge in [-0.3, -0.25) is 4.79 Å². The maximum atomic E-state index is 12.3. The Morgan fingerprint density at radius 2 is 1.42 bits per heavy atom. The van der Waals surface area contributed by atoms with Crippen molar-refractivity contribution in [1.82, 2.24) is 4.98 Å². The van der Waals surface area contributed by atoms with Crippen LogP contribution >= 0.6 is 0 Å². The molecule has 1 aromatic heterocycles.